The van der Waals surface area contributed by atoms with E-state index < -0.39 is 47.2 Å². The van der Waals surface area contributed by atoms with E-state index in [1.165, 1.54) is 16.0 Å². The minimum atomic E-state index is -1.17. The number of nitrogens with one attached hydrogen (secondary N) is 2. The van der Waals surface area contributed by atoms with Crippen molar-refractivity contribution in [2.45, 2.75) is 104 Å². The fourth-order valence-electron chi connectivity index (χ4n) is 9.95. The summed E-state index contributed by atoms with van der Waals surface area (Å²) < 4.78 is 14.2. The maximum Gasteiger partial charge on any atom is 0.324 e. The van der Waals surface area contributed by atoms with Crippen LogP contribution in [0.2, 0.25) is 0 Å². The summed E-state index contributed by atoms with van der Waals surface area (Å²) >= 11 is 0. The number of carbonyl (C=O) groups is 5. The second-order valence-electron chi connectivity index (χ2n) is 19.2. The second kappa shape index (κ2) is 19.8. The molecular formula is C51H65N7O8. The molecule has 0 aliphatic carbocycles. The number of nitrogens with zero attached hydrogens (tertiary/aromatic N) is 5. The second-order valence-corrected chi connectivity index (χ2v) is 19.2. The predicted molar refractivity (Wildman–Crippen MR) is 252 cm³/mol. The molecule has 352 valence electrons. The van der Waals surface area contributed by atoms with Crippen molar-refractivity contribution in [3.63, 3.8) is 0 Å². The Balaban J connectivity index is 1.31. The highest BCUT2D eigenvalue weighted by Gasteiger charge is 2.40. The highest BCUT2D eigenvalue weighted by Crippen LogP contribution is 2.42. The van der Waals surface area contributed by atoms with Crippen LogP contribution >= 0.6 is 0 Å². The van der Waals surface area contributed by atoms with Crippen LogP contribution in [0.4, 0.5) is 0 Å². The van der Waals surface area contributed by atoms with E-state index in [2.05, 4.69) is 54.8 Å². The number of rotatable bonds is 10. The summed E-state index contributed by atoms with van der Waals surface area (Å²) in [5.41, 5.74) is 9.42. The molecule has 3 aliphatic rings. The van der Waals surface area contributed by atoms with Crippen LogP contribution in [-0.4, -0.2) is 118 Å². The van der Waals surface area contributed by atoms with E-state index in [0.29, 0.717) is 49.9 Å². The van der Waals surface area contributed by atoms with E-state index in [1.807, 2.05) is 45.0 Å². The predicted octanol–water partition coefficient (Wildman–Crippen LogP) is 5.97. The van der Waals surface area contributed by atoms with Crippen molar-refractivity contribution in [2.75, 3.05) is 40.4 Å². The number of esters is 1. The molecule has 2 aromatic carbocycles. The van der Waals surface area contributed by atoms with Crippen molar-refractivity contribution in [1.29, 1.82) is 0 Å². The van der Waals surface area contributed by atoms with Gasteiger partial charge in [-0.25, -0.2) is 5.43 Å². The molecule has 4 amide bonds. The number of benzene rings is 2. The van der Waals surface area contributed by atoms with Crippen molar-refractivity contribution in [3.05, 3.63) is 84.1 Å². The molecule has 0 saturated carbocycles. The van der Waals surface area contributed by atoms with Gasteiger partial charge in [-0.2, -0.15) is 0 Å². The molecule has 66 heavy (non-hydrogen) atoms. The lowest BCUT2D eigenvalue weighted by atomic mass is 9.84. The first kappa shape index (κ1) is 47.9. The Morgan fingerprint density at radius 3 is 2.58 bits per heavy atom. The van der Waals surface area contributed by atoms with Gasteiger partial charge in [0.2, 0.25) is 17.7 Å². The maximum absolute atomic E-state index is 14.7. The molecule has 3 N–H and O–H groups in total. The number of ether oxygens (including phenoxy) is 2. The van der Waals surface area contributed by atoms with Crippen LogP contribution in [0.5, 0.6) is 5.75 Å². The van der Waals surface area contributed by atoms with Crippen LogP contribution in [0.25, 0.3) is 33.4 Å². The molecule has 7 rings (SSSR count). The standard InChI is InChI=1S/C51H65N7O8/c1-10-43(60)56-21-18-34(28-56)48(62)55(8)45(30(3)4)47(61)53-41-24-32-22-35(25-36(59)23-32)33-16-17-42-38(26-33)39(46(57(42)11-2)44-37(31(5)65-9)14-12-19-52-44)27-51(6,7)29-66-50(64)40-15-13-20-58(54-40)49(41)63/h10,12,14,16-17,19,22-23,25-26,30-31,34,40-41,45,54,59H,1,11,13,15,18,20-21,24,27-29H2,2-9H3,(H,53,61)/t31-,34-,40-,41-,45-/m0/s1. The highest BCUT2D eigenvalue weighted by atomic mass is 16.5. The van der Waals surface area contributed by atoms with Crippen LogP contribution in [0, 0.1) is 17.3 Å². The molecule has 5 atom stereocenters. The number of hydrogen-bond acceptors (Lipinski definition) is 10. The van der Waals surface area contributed by atoms with Crippen molar-refractivity contribution in [3.8, 4) is 28.3 Å². The monoisotopic (exact) mass is 903 g/mol. The number of aromatic nitrogens is 2. The number of pyridine rings is 1. The lowest BCUT2D eigenvalue weighted by molar-refractivity contribution is -0.155. The van der Waals surface area contributed by atoms with Gasteiger partial charge in [0.15, 0.2) is 0 Å². The topological polar surface area (TPSA) is 176 Å². The van der Waals surface area contributed by atoms with Crippen molar-refractivity contribution >= 4 is 40.5 Å². The third kappa shape index (κ3) is 9.87. The number of hydrogen-bond donors (Lipinski definition) is 3. The fraction of sp³-hybridized carbons (Fsp3) is 0.490. The van der Waals surface area contributed by atoms with Gasteiger partial charge in [0.1, 0.15) is 23.9 Å². The van der Waals surface area contributed by atoms with Gasteiger partial charge >= 0.3 is 5.97 Å². The summed E-state index contributed by atoms with van der Waals surface area (Å²) in [7, 11) is 3.26. The van der Waals surface area contributed by atoms with Gasteiger partial charge in [-0.15, -0.1) is 0 Å². The molecule has 0 unspecified atom stereocenters. The van der Waals surface area contributed by atoms with Gasteiger partial charge < -0.3 is 34.3 Å². The number of likely N-dealkylation sites (N-methyl/N-ethyl adjacent to an activating group) is 1. The summed E-state index contributed by atoms with van der Waals surface area (Å²) in [5.74, 6) is -2.87. The number of hydrazine groups is 1. The summed E-state index contributed by atoms with van der Waals surface area (Å²) in [6, 6.07) is 12.4. The molecule has 5 heterocycles. The first-order valence-corrected chi connectivity index (χ1v) is 23.1. The molecular weight excluding hydrogens is 839 g/mol. The van der Waals surface area contributed by atoms with Gasteiger partial charge in [-0.05, 0) is 104 Å². The Kier molecular flexibility index (Phi) is 14.4. The number of phenols is 1. The molecule has 6 bridgehead atoms. The molecule has 2 aromatic heterocycles. The number of aromatic hydroxyl groups is 1. The summed E-state index contributed by atoms with van der Waals surface area (Å²) in [4.78, 5) is 77.3. The van der Waals surface area contributed by atoms with E-state index in [0.717, 1.165) is 39.0 Å². The lowest BCUT2D eigenvalue weighted by Gasteiger charge is -2.37. The number of likely N-dealkylation sites (tertiary alicyclic amines) is 1. The van der Waals surface area contributed by atoms with Gasteiger partial charge in [-0.1, -0.05) is 52.5 Å². The SMILES string of the molecule is C=CC(=O)N1CC[C@H](C(=O)N(C)[C@H](C(=O)N[C@H]2Cc3cc(O)cc(c3)-c3ccc4c(c3)c(c(-c3ncccc3[C@H](C)OC)n4CC)CC(C)(C)COC(=O)[C@@H]3CCCN(N3)C2=O)C(C)C)C1. The number of methoxy groups -OCH3 is 1. The van der Waals surface area contributed by atoms with Gasteiger partial charge in [-0.3, -0.25) is 34.0 Å². The van der Waals surface area contributed by atoms with Gasteiger partial charge in [0.05, 0.1) is 30.0 Å². The molecule has 2 fully saturated rings. The third-order valence-corrected chi connectivity index (χ3v) is 13.4. The van der Waals surface area contributed by atoms with Crippen LogP contribution in [-0.2, 0) is 52.8 Å². The fourth-order valence-corrected chi connectivity index (χ4v) is 9.95. The van der Waals surface area contributed by atoms with E-state index in [-0.39, 0.29) is 55.7 Å². The number of cyclic esters (lactones) is 1. The summed E-state index contributed by atoms with van der Waals surface area (Å²) in [5, 5.41) is 16.7. The highest BCUT2D eigenvalue weighted by molar-refractivity contribution is 5.96. The zero-order valence-electron chi connectivity index (χ0n) is 39.6. The minimum Gasteiger partial charge on any atom is -0.508 e. The van der Waals surface area contributed by atoms with Crippen LogP contribution in [0.15, 0.2) is 67.4 Å². The van der Waals surface area contributed by atoms with Crippen molar-refractivity contribution in [2.24, 2.45) is 17.3 Å². The number of amides is 4. The lowest BCUT2D eigenvalue weighted by Crippen LogP contribution is -2.62. The van der Waals surface area contributed by atoms with Crippen LogP contribution < -0.4 is 10.7 Å². The number of carbonyl (C=O) groups excluding carboxylic acids is 5. The number of fused-ring (bicyclic) bond motifs is 6. The Bertz CT molecular complexity index is 2510. The van der Waals surface area contributed by atoms with Crippen molar-refractivity contribution < 1.29 is 38.6 Å². The molecule has 0 spiro atoms. The molecule has 15 nitrogen and oxygen atoms in total. The third-order valence-electron chi connectivity index (χ3n) is 13.4. The van der Waals surface area contributed by atoms with Gasteiger partial charge in [0.25, 0.3) is 5.91 Å². The van der Waals surface area contributed by atoms with Gasteiger partial charge in [0, 0.05) is 74.8 Å². The minimum absolute atomic E-state index is 0.0127. The normalized spacial score (nSPS) is 21.0. The molecule has 15 heteroatoms. The van der Waals surface area contributed by atoms with Crippen LogP contribution in [0.1, 0.15) is 83.6 Å². The van der Waals surface area contributed by atoms with Crippen molar-refractivity contribution in [1.82, 2.24) is 35.1 Å². The Hall–Kier alpha value is -6.06. The van der Waals surface area contributed by atoms with E-state index in [4.69, 9.17) is 14.5 Å². The van der Waals surface area contributed by atoms with Crippen LogP contribution in [0.3, 0.4) is 0 Å². The summed E-state index contributed by atoms with van der Waals surface area (Å²) in [6.07, 6.45) is 4.70. The molecule has 0 radical (unpaired) electrons. The smallest absolute Gasteiger partial charge is 0.324 e. The zero-order valence-corrected chi connectivity index (χ0v) is 39.6. The van der Waals surface area contributed by atoms with E-state index >= 15 is 0 Å². The van der Waals surface area contributed by atoms with E-state index in [9.17, 15) is 29.1 Å². The molecule has 2 saturated heterocycles. The Morgan fingerprint density at radius 2 is 1.86 bits per heavy atom. The Labute approximate surface area is 387 Å². The quantitative estimate of drug-likeness (QED) is 0.127. The maximum atomic E-state index is 14.7. The molecule has 4 aromatic rings. The zero-order chi connectivity index (χ0) is 47.6. The number of aryl methyl sites for hydroxylation is 1. The average Bonchev–Trinajstić information content (AvgIpc) is 3.92. The molecule has 3 aliphatic heterocycles. The largest absolute Gasteiger partial charge is 0.508 e. The first-order valence-electron chi connectivity index (χ1n) is 23.1. The number of phenolic OH excluding ortho intramolecular Hbond substituents is 1. The first-order chi connectivity index (χ1) is 31.4. The average molecular weight is 904 g/mol. The Morgan fingerprint density at radius 1 is 1.09 bits per heavy atom. The van der Waals surface area contributed by atoms with E-state index in [1.54, 1.807) is 37.4 Å². The summed E-state index contributed by atoms with van der Waals surface area (Å²) in [6.45, 7) is 17.1.